The van der Waals surface area contributed by atoms with Gasteiger partial charge >= 0.3 is 0 Å². The minimum absolute atomic E-state index is 0.0952. The van der Waals surface area contributed by atoms with E-state index in [2.05, 4.69) is 30.2 Å². The van der Waals surface area contributed by atoms with Gasteiger partial charge in [0, 0.05) is 36.8 Å². The van der Waals surface area contributed by atoms with E-state index >= 15 is 0 Å². The number of nitrogens with zero attached hydrogens (tertiary/aromatic N) is 2. The summed E-state index contributed by atoms with van der Waals surface area (Å²) in [6.45, 7) is 5.90. The molecular formula is C22H27N3O2. The number of nitrogens with one attached hydrogen (secondary N) is 1. The molecule has 0 spiro atoms. The lowest BCUT2D eigenvalue weighted by atomic mass is 9.89. The fourth-order valence-electron chi connectivity index (χ4n) is 4.03. The van der Waals surface area contributed by atoms with Crippen LogP contribution in [0.5, 0.6) is 5.75 Å². The van der Waals surface area contributed by atoms with Gasteiger partial charge in [0.2, 0.25) is 0 Å². The van der Waals surface area contributed by atoms with Gasteiger partial charge < -0.3 is 15.0 Å². The minimum Gasteiger partial charge on any atom is -0.487 e. The Labute approximate surface area is 160 Å². The normalized spacial score (nSPS) is 21.1. The van der Waals surface area contributed by atoms with Gasteiger partial charge in [-0.05, 0) is 51.3 Å². The van der Waals surface area contributed by atoms with Crippen LogP contribution in [0.4, 0.5) is 5.82 Å². The maximum absolute atomic E-state index is 12.8. The lowest BCUT2D eigenvalue weighted by Crippen LogP contribution is -2.37. The van der Waals surface area contributed by atoms with Crippen molar-refractivity contribution in [3.8, 4) is 5.75 Å². The predicted molar refractivity (Wildman–Crippen MR) is 106 cm³/mol. The van der Waals surface area contributed by atoms with Gasteiger partial charge in [-0.1, -0.05) is 18.2 Å². The van der Waals surface area contributed by atoms with Crippen molar-refractivity contribution in [1.29, 1.82) is 0 Å². The van der Waals surface area contributed by atoms with Crippen LogP contribution < -0.4 is 10.1 Å². The molecule has 1 aromatic heterocycles. The number of carbonyl (C=O) groups is 1. The van der Waals surface area contributed by atoms with Crippen LogP contribution in [0.15, 0.2) is 42.6 Å². The highest BCUT2D eigenvalue weighted by atomic mass is 16.5. The number of pyridine rings is 1. The van der Waals surface area contributed by atoms with Crippen molar-refractivity contribution in [2.75, 3.05) is 18.4 Å². The summed E-state index contributed by atoms with van der Waals surface area (Å²) in [6.07, 6.45) is 5.95. The fraction of sp³-hybridized carbons (Fsp3) is 0.455. The molecule has 1 fully saturated rings. The fourth-order valence-corrected chi connectivity index (χ4v) is 4.03. The second-order valence-corrected chi connectivity index (χ2v) is 8.08. The zero-order valence-corrected chi connectivity index (χ0v) is 16.1. The van der Waals surface area contributed by atoms with Gasteiger partial charge in [0.1, 0.15) is 17.2 Å². The van der Waals surface area contributed by atoms with Crippen LogP contribution in [-0.4, -0.2) is 34.5 Å². The van der Waals surface area contributed by atoms with Gasteiger partial charge in [-0.3, -0.25) is 4.79 Å². The summed E-state index contributed by atoms with van der Waals surface area (Å²) >= 11 is 0. The van der Waals surface area contributed by atoms with E-state index in [1.54, 1.807) is 6.20 Å². The highest BCUT2D eigenvalue weighted by Gasteiger charge is 2.33. The van der Waals surface area contributed by atoms with Gasteiger partial charge in [-0.25, -0.2) is 4.98 Å². The van der Waals surface area contributed by atoms with Crippen molar-refractivity contribution in [3.63, 3.8) is 0 Å². The SMILES string of the molecule is CC1(C)CC(Nc2cc(C(=O)N3CCCCC3)ccn2)c2ccccc2O1. The Bertz CT molecular complexity index is 828. The molecule has 27 heavy (non-hydrogen) atoms. The molecule has 2 aliphatic heterocycles. The Balaban J connectivity index is 1.55. The Kier molecular flexibility index (Phi) is 4.77. The second kappa shape index (κ2) is 7.22. The van der Waals surface area contributed by atoms with Crippen LogP contribution in [0.3, 0.4) is 0 Å². The van der Waals surface area contributed by atoms with Crippen LogP contribution in [0, 0.1) is 0 Å². The maximum atomic E-state index is 12.8. The number of anilines is 1. The topological polar surface area (TPSA) is 54.5 Å². The number of rotatable bonds is 3. The van der Waals surface area contributed by atoms with Gasteiger partial charge in [0.25, 0.3) is 5.91 Å². The molecular weight excluding hydrogens is 338 g/mol. The first-order valence-corrected chi connectivity index (χ1v) is 9.82. The average molecular weight is 365 g/mol. The number of hydrogen-bond donors (Lipinski definition) is 1. The van der Waals surface area contributed by atoms with Crippen LogP contribution in [-0.2, 0) is 0 Å². The number of para-hydroxylation sites is 1. The monoisotopic (exact) mass is 365 g/mol. The third-order valence-corrected chi connectivity index (χ3v) is 5.35. The van der Waals surface area contributed by atoms with Gasteiger partial charge in [0.05, 0.1) is 6.04 Å². The Morgan fingerprint density at radius 2 is 1.96 bits per heavy atom. The molecule has 0 aliphatic carbocycles. The first-order chi connectivity index (χ1) is 13.0. The van der Waals surface area contributed by atoms with Crippen molar-refractivity contribution >= 4 is 11.7 Å². The Morgan fingerprint density at radius 3 is 2.78 bits per heavy atom. The summed E-state index contributed by atoms with van der Waals surface area (Å²) in [6, 6.07) is 11.9. The molecule has 1 aromatic carbocycles. The molecule has 4 rings (SSSR count). The van der Waals surface area contributed by atoms with E-state index < -0.39 is 0 Å². The molecule has 0 radical (unpaired) electrons. The standard InChI is InChI=1S/C22H27N3O2/c1-22(2)15-18(17-8-4-5-9-19(17)27-22)24-20-14-16(10-11-23-20)21(26)25-12-6-3-7-13-25/h4-5,8-11,14,18H,3,6-7,12-13,15H2,1-2H3,(H,23,24). The van der Waals surface area contributed by atoms with Crippen LogP contribution in [0.25, 0.3) is 0 Å². The smallest absolute Gasteiger partial charge is 0.254 e. The molecule has 1 unspecified atom stereocenters. The number of piperidine rings is 1. The second-order valence-electron chi connectivity index (χ2n) is 8.08. The van der Waals surface area contributed by atoms with E-state index in [4.69, 9.17) is 4.74 Å². The average Bonchev–Trinajstić information content (AvgIpc) is 2.67. The molecule has 1 amide bonds. The predicted octanol–water partition coefficient (Wildman–Crippen LogP) is 4.42. The van der Waals surface area contributed by atoms with E-state index in [1.165, 1.54) is 6.42 Å². The van der Waals surface area contributed by atoms with Crippen molar-refractivity contribution in [2.45, 2.75) is 51.2 Å². The highest BCUT2D eigenvalue weighted by Crippen LogP contribution is 2.40. The van der Waals surface area contributed by atoms with Gasteiger partial charge in [-0.15, -0.1) is 0 Å². The molecule has 142 valence electrons. The molecule has 2 aromatic rings. The lowest BCUT2D eigenvalue weighted by molar-refractivity contribution is 0.0722. The van der Waals surface area contributed by atoms with Crippen molar-refractivity contribution < 1.29 is 9.53 Å². The quantitative estimate of drug-likeness (QED) is 0.875. The minimum atomic E-state index is -0.257. The number of hydrogen-bond acceptors (Lipinski definition) is 4. The Morgan fingerprint density at radius 1 is 1.19 bits per heavy atom. The molecule has 2 aliphatic rings. The summed E-state index contributed by atoms with van der Waals surface area (Å²) in [5.41, 5.74) is 1.58. The summed E-state index contributed by atoms with van der Waals surface area (Å²) in [5, 5.41) is 3.53. The number of ether oxygens (including phenoxy) is 1. The summed E-state index contributed by atoms with van der Waals surface area (Å²) in [7, 11) is 0. The molecule has 1 saturated heterocycles. The summed E-state index contributed by atoms with van der Waals surface area (Å²) < 4.78 is 6.11. The number of benzene rings is 1. The van der Waals surface area contributed by atoms with Crippen LogP contribution in [0.2, 0.25) is 0 Å². The van der Waals surface area contributed by atoms with Crippen LogP contribution >= 0.6 is 0 Å². The number of fused-ring (bicyclic) bond motifs is 1. The first-order valence-electron chi connectivity index (χ1n) is 9.82. The van der Waals surface area contributed by atoms with Crippen molar-refractivity contribution in [2.24, 2.45) is 0 Å². The Hall–Kier alpha value is -2.56. The molecule has 5 heteroatoms. The van der Waals surface area contributed by atoms with Gasteiger partial charge in [0.15, 0.2) is 0 Å². The molecule has 3 heterocycles. The van der Waals surface area contributed by atoms with E-state index in [0.29, 0.717) is 5.56 Å². The number of likely N-dealkylation sites (tertiary alicyclic amines) is 1. The molecule has 0 saturated carbocycles. The maximum Gasteiger partial charge on any atom is 0.254 e. The third-order valence-electron chi connectivity index (χ3n) is 5.35. The first kappa shape index (κ1) is 17.8. The lowest BCUT2D eigenvalue weighted by Gasteiger charge is -2.38. The van der Waals surface area contributed by atoms with E-state index in [9.17, 15) is 4.79 Å². The zero-order chi connectivity index (χ0) is 18.9. The van der Waals surface area contributed by atoms with Crippen LogP contribution in [0.1, 0.15) is 61.5 Å². The third kappa shape index (κ3) is 3.92. The highest BCUT2D eigenvalue weighted by molar-refractivity contribution is 5.94. The van der Waals surface area contributed by atoms with E-state index in [-0.39, 0.29) is 17.6 Å². The zero-order valence-electron chi connectivity index (χ0n) is 16.1. The largest absolute Gasteiger partial charge is 0.487 e. The molecule has 0 bridgehead atoms. The molecule has 1 N–H and O–H groups in total. The summed E-state index contributed by atoms with van der Waals surface area (Å²) in [5.74, 6) is 1.75. The summed E-state index contributed by atoms with van der Waals surface area (Å²) in [4.78, 5) is 19.2. The van der Waals surface area contributed by atoms with Crippen molar-refractivity contribution in [1.82, 2.24) is 9.88 Å². The van der Waals surface area contributed by atoms with Crippen molar-refractivity contribution in [3.05, 3.63) is 53.7 Å². The van der Waals surface area contributed by atoms with E-state index in [0.717, 1.165) is 49.5 Å². The van der Waals surface area contributed by atoms with Gasteiger partial charge in [-0.2, -0.15) is 0 Å². The number of amides is 1. The molecule has 1 atom stereocenters. The number of aromatic nitrogens is 1. The number of carbonyl (C=O) groups excluding carboxylic acids is 1. The molecule has 5 nitrogen and oxygen atoms in total. The van der Waals surface area contributed by atoms with E-state index in [1.807, 2.05) is 35.2 Å².